The maximum absolute atomic E-state index is 8.70. The molecule has 0 heterocycles. The van der Waals surface area contributed by atoms with Gasteiger partial charge in [-0.05, 0) is 37.5 Å². The summed E-state index contributed by atoms with van der Waals surface area (Å²) in [6.45, 7) is 6.07. The minimum Gasteiger partial charge on any atom is -0.316 e. The van der Waals surface area contributed by atoms with Crippen molar-refractivity contribution in [3.8, 4) is 0 Å². The molecule has 0 radical (unpaired) electrons. The van der Waals surface area contributed by atoms with E-state index in [0.29, 0.717) is 0 Å². The molecule has 0 aromatic heterocycles. The molecule has 0 amide bonds. The highest BCUT2D eigenvalue weighted by atomic mass is 16.5. The molecule has 1 aromatic carbocycles. The summed E-state index contributed by atoms with van der Waals surface area (Å²) in [6, 6.07) is 6.18. The molecule has 12 heavy (non-hydrogen) atoms. The Labute approximate surface area is 73.2 Å². The lowest BCUT2D eigenvalue weighted by Crippen LogP contribution is -2.13. The first kappa shape index (κ1) is 9.23. The van der Waals surface area contributed by atoms with Crippen molar-refractivity contribution in [1.29, 1.82) is 0 Å². The van der Waals surface area contributed by atoms with E-state index in [2.05, 4.69) is 31.5 Å². The second kappa shape index (κ2) is 3.70. The molecule has 0 saturated heterocycles. The number of aryl methyl sites for hydroxylation is 2. The molecule has 1 aromatic rings. The molecule has 1 atom stereocenters. The predicted molar refractivity (Wildman–Crippen MR) is 49.3 cm³/mol. The largest absolute Gasteiger partial charge is 0.316 e. The number of hydrogen-bond donors (Lipinski definition) is 2. The molecule has 2 heteroatoms. The van der Waals surface area contributed by atoms with Gasteiger partial charge in [0.25, 0.3) is 0 Å². The van der Waals surface area contributed by atoms with Crippen molar-refractivity contribution in [3.63, 3.8) is 0 Å². The summed E-state index contributed by atoms with van der Waals surface area (Å²) >= 11 is 0. The molecule has 0 spiro atoms. The molecule has 0 aliphatic heterocycles. The van der Waals surface area contributed by atoms with E-state index in [0.717, 1.165) is 5.56 Å². The lowest BCUT2D eigenvalue weighted by molar-refractivity contribution is 0.133. The van der Waals surface area contributed by atoms with Crippen LogP contribution in [-0.4, -0.2) is 5.21 Å². The van der Waals surface area contributed by atoms with Gasteiger partial charge >= 0.3 is 0 Å². The lowest BCUT2D eigenvalue weighted by Gasteiger charge is -2.10. The topological polar surface area (TPSA) is 32.3 Å². The summed E-state index contributed by atoms with van der Waals surface area (Å²) in [5, 5.41) is 8.70. The van der Waals surface area contributed by atoms with E-state index in [4.69, 9.17) is 5.21 Å². The van der Waals surface area contributed by atoms with Crippen molar-refractivity contribution >= 4 is 0 Å². The van der Waals surface area contributed by atoms with E-state index >= 15 is 0 Å². The van der Waals surface area contributed by atoms with Gasteiger partial charge in [0.2, 0.25) is 0 Å². The van der Waals surface area contributed by atoms with Crippen molar-refractivity contribution in [3.05, 3.63) is 34.9 Å². The number of hydroxylamine groups is 1. The van der Waals surface area contributed by atoms with Crippen molar-refractivity contribution in [2.75, 3.05) is 0 Å². The van der Waals surface area contributed by atoms with Crippen LogP contribution in [0.2, 0.25) is 0 Å². The molecule has 0 saturated carbocycles. The van der Waals surface area contributed by atoms with Gasteiger partial charge in [0, 0.05) is 0 Å². The number of nitrogens with one attached hydrogen (secondary N) is 1. The van der Waals surface area contributed by atoms with Crippen LogP contribution in [0.5, 0.6) is 0 Å². The summed E-state index contributed by atoms with van der Waals surface area (Å²) in [6.07, 6.45) is 0. The summed E-state index contributed by atoms with van der Waals surface area (Å²) < 4.78 is 0. The van der Waals surface area contributed by atoms with Crippen molar-refractivity contribution < 1.29 is 5.21 Å². The van der Waals surface area contributed by atoms with Gasteiger partial charge in [0.15, 0.2) is 0 Å². The molecular formula is C10H15NO. The van der Waals surface area contributed by atoms with Crippen LogP contribution in [0.15, 0.2) is 18.2 Å². The molecule has 2 N–H and O–H groups in total. The van der Waals surface area contributed by atoms with E-state index in [9.17, 15) is 0 Å². The highest BCUT2D eigenvalue weighted by molar-refractivity contribution is 5.31. The van der Waals surface area contributed by atoms with Gasteiger partial charge in [0.05, 0.1) is 6.04 Å². The van der Waals surface area contributed by atoms with Crippen LogP contribution in [0.3, 0.4) is 0 Å². The molecule has 2 nitrogen and oxygen atoms in total. The summed E-state index contributed by atoms with van der Waals surface area (Å²) in [7, 11) is 0. The van der Waals surface area contributed by atoms with E-state index in [1.165, 1.54) is 11.1 Å². The third-order valence-corrected chi connectivity index (χ3v) is 2.22. The summed E-state index contributed by atoms with van der Waals surface area (Å²) in [4.78, 5) is 0. The first-order chi connectivity index (χ1) is 5.65. The number of rotatable bonds is 2. The highest BCUT2D eigenvalue weighted by Gasteiger charge is 2.03. The molecule has 0 aliphatic rings. The normalized spacial score (nSPS) is 13.0. The van der Waals surface area contributed by atoms with Gasteiger partial charge in [-0.15, -0.1) is 0 Å². The van der Waals surface area contributed by atoms with E-state index in [1.54, 1.807) is 0 Å². The van der Waals surface area contributed by atoms with Gasteiger partial charge in [-0.3, -0.25) is 0 Å². The fourth-order valence-electron chi connectivity index (χ4n) is 1.11. The molecular weight excluding hydrogens is 150 g/mol. The zero-order valence-electron chi connectivity index (χ0n) is 7.76. The minimum atomic E-state index is 0.00398. The Morgan fingerprint density at radius 2 is 1.92 bits per heavy atom. The van der Waals surface area contributed by atoms with E-state index < -0.39 is 0 Å². The molecule has 1 rings (SSSR count). The zero-order chi connectivity index (χ0) is 9.14. The SMILES string of the molecule is Cc1ccc(C(C)NO)cc1C. The van der Waals surface area contributed by atoms with Crippen LogP contribution >= 0.6 is 0 Å². The second-order valence-corrected chi connectivity index (χ2v) is 3.19. The highest BCUT2D eigenvalue weighted by Crippen LogP contribution is 2.15. The van der Waals surface area contributed by atoms with Crippen molar-refractivity contribution in [1.82, 2.24) is 5.48 Å². The first-order valence-electron chi connectivity index (χ1n) is 4.12. The van der Waals surface area contributed by atoms with Gasteiger partial charge in [0.1, 0.15) is 0 Å². The second-order valence-electron chi connectivity index (χ2n) is 3.19. The Balaban J connectivity index is 2.96. The van der Waals surface area contributed by atoms with Gasteiger partial charge in [-0.25, -0.2) is 0 Å². The molecule has 1 unspecified atom stereocenters. The number of benzene rings is 1. The van der Waals surface area contributed by atoms with Crippen molar-refractivity contribution in [2.45, 2.75) is 26.8 Å². The summed E-state index contributed by atoms with van der Waals surface area (Å²) in [5.74, 6) is 0. The fourth-order valence-corrected chi connectivity index (χ4v) is 1.11. The number of hydrogen-bond acceptors (Lipinski definition) is 2. The summed E-state index contributed by atoms with van der Waals surface area (Å²) in [5.41, 5.74) is 5.88. The Hall–Kier alpha value is -0.860. The lowest BCUT2D eigenvalue weighted by atomic mass is 10.0. The monoisotopic (exact) mass is 165 g/mol. The minimum absolute atomic E-state index is 0.00398. The van der Waals surface area contributed by atoms with E-state index in [1.807, 2.05) is 13.0 Å². The fraction of sp³-hybridized carbons (Fsp3) is 0.400. The van der Waals surface area contributed by atoms with Crippen molar-refractivity contribution in [2.24, 2.45) is 0 Å². The van der Waals surface area contributed by atoms with Gasteiger partial charge in [-0.2, -0.15) is 5.48 Å². The van der Waals surface area contributed by atoms with E-state index in [-0.39, 0.29) is 6.04 Å². The standard InChI is InChI=1S/C10H15NO/c1-7-4-5-10(6-8(7)2)9(3)11-12/h4-6,9,11-12H,1-3H3. The van der Waals surface area contributed by atoms with Crippen LogP contribution in [0, 0.1) is 13.8 Å². The first-order valence-corrected chi connectivity index (χ1v) is 4.12. The predicted octanol–water partition coefficient (Wildman–Crippen LogP) is 2.34. The van der Waals surface area contributed by atoms with Crippen LogP contribution in [0.25, 0.3) is 0 Å². The van der Waals surface area contributed by atoms with Crippen LogP contribution in [0.4, 0.5) is 0 Å². The van der Waals surface area contributed by atoms with Crippen LogP contribution in [-0.2, 0) is 0 Å². The molecule has 66 valence electrons. The zero-order valence-corrected chi connectivity index (χ0v) is 7.76. The van der Waals surface area contributed by atoms with Crippen LogP contribution in [0.1, 0.15) is 29.7 Å². The average molecular weight is 165 g/mol. The van der Waals surface area contributed by atoms with Gasteiger partial charge in [-0.1, -0.05) is 18.2 Å². The Bertz CT molecular complexity index is 271. The smallest absolute Gasteiger partial charge is 0.0540 e. The Morgan fingerprint density at radius 1 is 1.25 bits per heavy atom. The third kappa shape index (κ3) is 1.84. The quantitative estimate of drug-likeness (QED) is 0.659. The molecule has 0 fully saturated rings. The Morgan fingerprint density at radius 3 is 2.42 bits per heavy atom. The third-order valence-electron chi connectivity index (χ3n) is 2.22. The maximum Gasteiger partial charge on any atom is 0.0540 e. The van der Waals surface area contributed by atoms with Crippen LogP contribution < -0.4 is 5.48 Å². The Kier molecular flexibility index (Phi) is 2.84. The van der Waals surface area contributed by atoms with Gasteiger partial charge < -0.3 is 5.21 Å². The molecule has 0 aliphatic carbocycles. The maximum atomic E-state index is 8.70. The average Bonchev–Trinajstić information content (AvgIpc) is 2.08. The molecule has 0 bridgehead atoms.